The van der Waals surface area contributed by atoms with Gasteiger partial charge in [0.25, 0.3) is 10.1 Å². The molecule has 0 aromatic rings. The lowest BCUT2D eigenvalue weighted by atomic mass is 10.1. The van der Waals surface area contributed by atoms with E-state index in [-0.39, 0.29) is 0 Å². The Balaban J connectivity index is 0. The number of allylic oxidation sites excluding steroid dienone is 1. The van der Waals surface area contributed by atoms with Crippen LogP contribution in [0.5, 0.6) is 0 Å². The van der Waals surface area contributed by atoms with E-state index in [0.29, 0.717) is 6.61 Å². The van der Waals surface area contributed by atoms with Crippen LogP contribution < -0.4 is 0 Å². The summed E-state index contributed by atoms with van der Waals surface area (Å²) in [5.74, 6) is 0. The maximum atomic E-state index is 10.6. The van der Waals surface area contributed by atoms with E-state index < -0.39 is 15.6 Å². The molecular formula is C16H34O4S. The van der Waals surface area contributed by atoms with Crippen LogP contribution >= 0.6 is 0 Å². The molecule has 0 fully saturated rings. The second-order valence-electron chi connectivity index (χ2n) is 5.64. The van der Waals surface area contributed by atoms with Crippen LogP contribution in [0.1, 0.15) is 79.1 Å². The minimum Gasteiger partial charge on any atom is -0.360 e. The molecule has 21 heavy (non-hydrogen) atoms. The van der Waals surface area contributed by atoms with E-state index in [0.717, 1.165) is 12.8 Å². The average Bonchev–Trinajstić information content (AvgIpc) is 2.34. The van der Waals surface area contributed by atoms with Gasteiger partial charge < -0.3 is 4.74 Å². The molecule has 0 amide bonds. The van der Waals surface area contributed by atoms with Crippen LogP contribution in [0.2, 0.25) is 0 Å². The molecule has 0 aliphatic heterocycles. The van der Waals surface area contributed by atoms with E-state index in [9.17, 15) is 8.42 Å². The van der Waals surface area contributed by atoms with Gasteiger partial charge in [0.15, 0.2) is 5.44 Å². The Kier molecular flexibility index (Phi) is 15.8. The summed E-state index contributed by atoms with van der Waals surface area (Å²) in [6, 6.07) is 0. The highest BCUT2D eigenvalue weighted by Crippen LogP contribution is 2.09. The van der Waals surface area contributed by atoms with Gasteiger partial charge in [0.1, 0.15) is 0 Å². The van der Waals surface area contributed by atoms with Gasteiger partial charge in [-0.15, -0.1) is 6.58 Å². The molecule has 1 unspecified atom stereocenters. The summed E-state index contributed by atoms with van der Waals surface area (Å²) in [4.78, 5) is 0. The predicted molar refractivity (Wildman–Crippen MR) is 90.1 cm³/mol. The summed E-state index contributed by atoms with van der Waals surface area (Å²) in [6.07, 6.45) is 9.51. The minimum atomic E-state index is -4.03. The second kappa shape index (κ2) is 14.5. The molecule has 1 atom stereocenters. The van der Waals surface area contributed by atoms with E-state index in [1.807, 2.05) is 13.8 Å². The highest BCUT2D eigenvalue weighted by atomic mass is 32.2. The third-order valence-electron chi connectivity index (χ3n) is 2.77. The first-order valence-electron chi connectivity index (χ1n) is 7.91. The summed E-state index contributed by atoms with van der Waals surface area (Å²) in [5, 5.41) is 0. The fraction of sp³-hybridized carbons (Fsp3) is 0.875. The van der Waals surface area contributed by atoms with Gasteiger partial charge >= 0.3 is 0 Å². The van der Waals surface area contributed by atoms with Crippen LogP contribution in [0.25, 0.3) is 0 Å². The predicted octanol–water partition coefficient (Wildman–Crippen LogP) is 4.96. The van der Waals surface area contributed by atoms with Gasteiger partial charge in [-0.05, 0) is 27.2 Å². The Hall–Kier alpha value is -0.390. The molecule has 1 N–H and O–H groups in total. The maximum Gasteiger partial charge on any atom is 0.291 e. The number of hydrogen-bond donors (Lipinski definition) is 1. The van der Waals surface area contributed by atoms with Crippen molar-refractivity contribution >= 4 is 10.1 Å². The topological polar surface area (TPSA) is 63.6 Å². The molecule has 0 bridgehead atoms. The molecule has 0 rings (SSSR count). The highest BCUT2D eigenvalue weighted by Gasteiger charge is 2.16. The summed E-state index contributed by atoms with van der Waals surface area (Å²) >= 11 is 0. The Morgan fingerprint density at radius 3 is 1.81 bits per heavy atom. The Bertz CT molecular complexity index is 332. The lowest BCUT2D eigenvalue weighted by molar-refractivity contribution is 0.106. The monoisotopic (exact) mass is 322 g/mol. The van der Waals surface area contributed by atoms with E-state index in [1.165, 1.54) is 51.0 Å². The van der Waals surface area contributed by atoms with Gasteiger partial charge in [0, 0.05) is 6.61 Å². The summed E-state index contributed by atoms with van der Waals surface area (Å²) in [5.41, 5.74) is 0.0621. The van der Waals surface area contributed by atoms with Crippen LogP contribution in [0.4, 0.5) is 0 Å². The molecule has 0 aromatic heterocycles. The smallest absolute Gasteiger partial charge is 0.291 e. The average molecular weight is 323 g/mol. The van der Waals surface area contributed by atoms with Crippen molar-refractivity contribution in [2.24, 2.45) is 0 Å². The molecule has 0 aromatic carbocycles. The van der Waals surface area contributed by atoms with Crippen LogP contribution in [-0.2, 0) is 14.9 Å². The zero-order valence-corrected chi connectivity index (χ0v) is 15.0. The first-order valence-corrected chi connectivity index (χ1v) is 9.42. The molecule has 128 valence electrons. The molecule has 0 heterocycles. The number of unbranched alkanes of at least 4 members (excludes halogenated alkanes) is 7. The van der Waals surface area contributed by atoms with Gasteiger partial charge in [0.2, 0.25) is 0 Å². The van der Waals surface area contributed by atoms with Gasteiger partial charge in [0.05, 0.1) is 0 Å². The Morgan fingerprint density at radius 1 is 1.05 bits per heavy atom. The van der Waals surface area contributed by atoms with Crippen molar-refractivity contribution in [3.8, 4) is 0 Å². The quantitative estimate of drug-likeness (QED) is 0.332. The minimum absolute atomic E-state index is 0.399. The van der Waals surface area contributed by atoms with Crippen LogP contribution in [-0.4, -0.2) is 25.0 Å². The molecular weight excluding hydrogens is 288 g/mol. The lowest BCUT2D eigenvalue weighted by Crippen LogP contribution is -2.20. The molecule has 0 aliphatic carbocycles. The molecule has 0 saturated carbocycles. The maximum absolute atomic E-state index is 10.6. The fourth-order valence-electron chi connectivity index (χ4n) is 1.57. The third kappa shape index (κ3) is 22.0. The van der Waals surface area contributed by atoms with E-state index in [2.05, 4.69) is 13.5 Å². The van der Waals surface area contributed by atoms with E-state index in [1.54, 1.807) is 0 Å². The molecule has 0 saturated heterocycles. The first kappa shape index (κ1) is 22.9. The second-order valence-corrected chi connectivity index (χ2v) is 7.33. The zero-order valence-electron chi connectivity index (χ0n) is 14.2. The van der Waals surface area contributed by atoms with Crippen molar-refractivity contribution in [2.75, 3.05) is 6.61 Å². The van der Waals surface area contributed by atoms with Gasteiger partial charge in [-0.1, -0.05) is 57.4 Å². The van der Waals surface area contributed by atoms with Gasteiger partial charge in [-0.3, -0.25) is 4.55 Å². The third-order valence-corrected chi connectivity index (χ3v) is 3.74. The molecule has 0 radical (unpaired) electrons. The molecule has 4 nitrogen and oxygen atoms in total. The Morgan fingerprint density at radius 2 is 1.43 bits per heavy atom. The fourth-order valence-corrected chi connectivity index (χ4v) is 1.84. The van der Waals surface area contributed by atoms with Crippen molar-refractivity contribution in [2.45, 2.75) is 84.5 Å². The lowest BCUT2D eigenvalue weighted by Gasteiger charge is -2.09. The summed E-state index contributed by atoms with van der Waals surface area (Å²) in [6.45, 7) is 11.4. The largest absolute Gasteiger partial charge is 0.360 e. The normalized spacial score (nSPS) is 12.4. The van der Waals surface area contributed by atoms with Crippen LogP contribution in [0.3, 0.4) is 0 Å². The number of hydrogen-bond acceptors (Lipinski definition) is 3. The number of rotatable bonds is 11. The van der Waals surface area contributed by atoms with E-state index >= 15 is 0 Å². The SMILES string of the molecule is C=C(C)C.CCCCCCCCCCOC(C)S(=O)(=O)O. The van der Waals surface area contributed by atoms with Gasteiger partial charge in [-0.2, -0.15) is 8.42 Å². The van der Waals surface area contributed by atoms with Crippen molar-refractivity contribution in [3.05, 3.63) is 12.2 Å². The van der Waals surface area contributed by atoms with Crippen LogP contribution in [0.15, 0.2) is 12.2 Å². The summed E-state index contributed by atoms with van der Waals surface area (Å²) in [7, 11) is -4.03. The van der Waals surface area contributed by atoms with Crippen molar-refractivity contribution in [1.29, 1.82) is 0 Å². The summed E-state index contributed by atoms with van der Waals surface area (Å²) < 4.78 is 34.9. The first-order chi connectivity index (χ1) is 9.71. The highest BCUT2D eigenvalue weighted by molar-refractivity contribution is 7.86. The van der Waals surface area contributed by atoms with Gasteiger partial charge in [-0.25, -0.2) is 0 Å². The molecule has 0 spiro atoms. The standard InChI is InChI=1S/C12H26O4S.C4H8/c1-3-4-5-6-7-8-9-10-11-16-12(2)17(13,14)15;1-4(2)3/h12H,3-11H2,1-2H3,(H,13,14,15);1H2,2-3H3. The van der Waals surface area contributed by atoms with E-state index in [4.69, 9.17) is 9.29 Å². The zero-order chi connectivity index (χ0) is 16.7. The van der Waals surface area contributed by atoms with Crippen molar-refractivity contribution in [1.82, 2.24) is 0 Å². The molecule has 0 aliphatic rings. The van der Waals surface area contributed by atoms with Crippen molar-refractivity contribution < 1.29 is 17.7 Å². The van der Waals surface area contributed by atoms with Crippen molar-refractivity contribution in [3.63, 3.8) is 0 Å². The number of ether oxygens (including phenoxy) is 1. The van der Waals surface area contributed by atoms with Crippen LogP contribution in [0, 0.1) is 0 Å². The Labute approximate surface area is 131 Å². The molecule has 5 heteroatoms.